The first kappa shape index (κ1) is 16.3. The van der Waals surface area contributed by atoms with Gasteiger partial charge >= 0.3 is 12.0 Å². The summed E-state index contributed by atoms with van der Waals surface area (Å²) in [5.41, 5.74) is 0.765. The Morgan fingerprint density at radius 1 is 1.27 bits per heavy atom. The van der Waals surface area contributed by atoms with Gasteiger partial charge in [0.2, 0.25) is 0 Å². The highest BCUT2D eigenvalue weighted by atomic mass is 16.5. The van der Waals surface area contributed by atoms with Crippen molar-refractivity contribution in [2.75, 3.05) is 19.0 Å². The summed E-state index contributed by atoms with van der Waals surface area (Å²) >= 11 is 0. The molecule has 5 heteroatoms. The molecule has 1 saturated carbocycles. The van der Waals surface area contributed by atoms with Crippen LogP contribution >= 0.6 is 0 Å². The van der Waals surface area contributed by atoms with Gasteiger partial charge in [0.05, 0.1) is 13.0 Å². The van der Waals surface area contributed by atoms with Crippen molar-refractivity contribution in [1.82, 2.24) is 4.90 Å². The van der Waals surface area contributed by atoms with E-state index in [1.165, 1.54) is 7.11 Å². The fraction of sp³-hybridized carbons (Fsp3) is 0.529. The Hall–Kier alpha value is -2.04. The van der Waals surface area contributed by atoms with Gasteiger partial charge in [0, 0.05) is 18.3 Å². The first-order valence-corrected chi connectivity index (χ1v) is 7.82. The number of hydrogen-bond donors (Lipinski definition) is 1. The molecular weight excluding hydrogens is 280 g/mol. The summed E-state index contributed by atoms with van der Waals surface area (Å²) in [6.45, 7) is 2.18. The lowest BCUT2D eigenvalue weighted by molar-refractivity contribution is -0.145. The van der Waals surface area contributed by atoms with Crippen LogP contribution in [-0.4, -0.2) is 36.6 Å². The maximum Gasteiger partial charge on any atom is 0.322 e. The first-order valence-electron chi connectivity index (χ1n) is 7.82. The maximum atomic E-state index is 12.6. The number of methoxy groups -OCH3 is 1. The lowest BCUT2D eigenvalue weighted by Crippen LogP contribution is -2.45. The third-order valence-electron chi connectivity index (χ3n) is 4.13. The fourth-order valence-electron chi connectivity index (χ4n) is 2.90. The molecule has 2 rings (SSSR count). The molecule has 0 radical (unpaired) electrons. The lowest BCUT2D eigenvalue weighted by Gasteiger charge is -2.30. The van der Waals surface area contributed by atoms with Crippen LogP contribution in [0.3, 0.4) is 0 Å². The largest absolute Gasteiger partial charge is 0.469 e. The Bertz CT molecular complexity index is 498. The monoisotopic (exact) mass is 304 g/mol. The van der Waals surface area contributed by atoms with Gasteiger partial charge in [0.15, 0.2) is 0 Å². The van der Waals surface area contributed by atoms with Crippen LogP contribution in [0.15, 0.2) is 30.3 Å². The molecule has 1 aliphatic rings. The second-order valence-electron chi connectivity index (χ2n) is 5.81. The number of ether oxygens (including phenoxy) is 1. The van der Waals surface area contributed by atoms with Gasteiger partial charge < -0.3 is 15.0 Å². The van der Waals surface area contributed by atoms with Crippen molar-refractivity contribution < 1.29 is 14.3 Å². The van der Waals surface area contributed by atoms with Crippen LogP contribution in [-0.2, 0) is 9.53 Å². The van der Waals surface area contributed by atoms with E-state index >= 15 is 0 Å². The number of rotatable bonds is 5. The average Bonchev–Trinajstić information content (AvgIpc) is 3.06. The highest BCUT2D eigenvalue weighted by Crippen LogP contribution is 2.25. The average molecular weight is 304 g/mol. The number of carbonyl (C=O) groups is 2. The zero-order chi connectivity index (χ0) is 15.9. The zero-order valence-corrected chi connectivity index (χ0v) is 13.2. The number of benzene rings is 1. The fourth-order valence-corrected chi connectivity index (χ4v) is 2.90. The molecule has 0 bridgehead atoms. The Kier molecular flexibility index (Phi) is 5.81. The number of nitrogens with one attached hydrogen (secondary N) is 1. The van der Waals surface area contributed by atoms with Crippen LogP contribution in [0, 0.1) is 5.92 Å². The summed E-state index contributed by atoms with van der Waals surface area (Å²) in [7, 11) is 1.38. The second kappa shape index (κ2) is 7.82. The molecule has 120 valence electrons. The summed E-state index contributed by atoms with van der Waals surface area (Å²) in [6.07, 6.45) is 4.25. The molecule has 1 N–H and O–H groups in total. The predicted molar refractivity (Wildman–Crippen MR) is 85.6 cm³/mol. The summed E-state index contributed by atoms with van der Waals surface area (Å²) < 4.78 is 4.78. The zero-order valence-electron chi connectivity index (χ0n) is 13.2. The van der Waals surface area contributed by atoms with Crippen molar-refractivity contribution in [2.24, 2.45) is 5.92 Å². The number of amides is 2. The minimum atomic E-state index is -0.327. The van der Waals surface area contributed by atoms with Crippen LogP contribution in [0.4, 0.5) is 10.5 Å². The topological polar surface area (TPSA) is 58.6 Å². The number of esters is 1. The maximum absolute atomic E-state index is 12.6. The van der Waals surface area contributed by atoms with Crippen molar-refractivity contribution in [3.05, 3.63) is 30.3 Å². The molecule has 1 aliphatic carbocycles. The normalized spacial score (nSPS) is 16.1. The van der Waals surface area contributed by atoms with E-state index in [0.29, 0.717) is 6.54 Å². The van der Waals surface area contributed by atoms with Crippen LogP contribution in [0.2, 0.25) is 0 Å². The van der Waals surface area contributed by atoms with Gasteiger partial charge in [-0.3, -0.25) is 4.79 Å². The van der Waals surface area contributed by atoms with Crippen LogP contribution < -0.4 is 5.32 Å². The van der Waals surface area contributed by atoms with E-state index in [2.05, 4.69) is 5.32 Å². The Balaban J connectivity index is 2.06. The molecule has 5 nitrogen and oxygen atoms in total. The van der Waals surface area contributed by atoms with Crippen LogP contribution in [0.25, 0.3) is 0 Å². The van der Waals surface area contributed by atoms with E-state index in [4.69, 9.17) is 4.74 Å². The van der Waals surface area contributed by atoms with E-state index in [-0.39, 0.29) is 24.0 Å². The summed E-state index contributed by atoms with van der Waals surface area (Å²) in [5, 5.41) is 2.92. The van der Waals surface area contributed by atoms with Crippen molar-refractivity contribution in [1.29, 1.82) is 0 Å². The molecule has 1 fully saturated rings. The number of urea groups is 1. The third-order valence-corrected chi connectivity index (χ3v) is 4.13. The van der Waals surface area contributed by atoms with Gasteiger partial charge in [-0.15, -0.1) is 0 Å². The highest BCUT2D eigenvalue weighted by Gasteiger charge is 2.29. The second-order valence-corrected chi connectivity index (χ2v) is 5.81. The SMILES string of the molecule is COC(=O)C(C)CN(C(=O)Nc1ccccc1)C1CCCC1. The third kappa shape index (κ3) is 4.23. The number of para-hydroxylation sites is 1. The molecule has 0 aliphatic heterocycles. The van der Waals surface area contributed by atoms with Gasteiger partial charge in [-0.25, -0.2) is 4.79 Å². The van der Waals surface area contributed by atoms with Gasteiger partial charge in [-0.1, -0.05) is 38.0 Å². The highest BCUT2D eigenvalue weighted by molar-refractivity contribution is 5.89. The van der Waals surface area contributed by atoms with Crippen molar-refractivity contribution in [3.63, 3.8) is 0 Å². The van der Waals surface area contributed by atoms with E-state index < -0.39 is 0 Å². The minimum absolute atomic E-state index is 0.145. The van der Waals surface area contributed by atoms with Crippen molar-refractivity contribution >= 4 is 17.7 Å². The number of carbonyl (C=O) groups excluding carboxylic acids is 2. The van der Waals surface area contributed by atoms with E-state index in [1.54, 1.807) is 11.8 Å². The smallest absolute Gasteiger partial charge is 0.322 e. The Labute approximate surface area is 131 Å². The molecule has 0 spiro atoms. The lowest BCUT2D eigenvalue weighted by atomic mass is 10.1. The van der Waals surface area contributed by atoms with Crippen LogP contribution in [0.5, 0.6) is 0 Å². The molecule has 1 atom stereocenters. The van der Waals surface area contributed by atoms with E-state index in [9.17, 15) is 9.59 Å². The summed E-state index contributed by atoms with van der Waals surface area (Å²) in [5.74, 6) is -0.609. The van der Waals surface area contributed by atoms with Crippen molar-refractivity contribution in [3.8, 4) is 0 Å². The number of hydrogen-bond acceptors (Lipinski definition) is 3. The Morgan fingerprint density at radius 2 is 1.91 bits per heavy atom. The molecule has 0 aromatic heterocycles. The molecule has 0 saturated heterocycles. The molecule has 1 aromatic rings. The molecule has 0 heterocycles. The summed E-state index contributed by atoms with van der Waals surface area (Å²) in [4.78, 5) is 26.1. The van der Waals surface area contributed by atoms with Gasteiger partial charge in [0.1, 0.15) is 0 Å². The standard InChI is InChI=1S/C17H24N2O3/c1-13(16(20)22-2)12-19(15-10-6-7-11-15)17(21)18-14-8-4-3-5-9-14/h3-5,8-9,13,15H,6-7,10-12H2,1-2H3,(H,18,21). The van der Waals surface area contributed by atoms with Gasteiger partial charge in [-0.2, -0.15) is 0 Å². The minimum Gasteiger partial charge on any atom is -0.469 e. The number of anilines is 1. The first-order chi connectivity index (χ1) is 10.6. The quantitative estimate of drug-likeness (QED) is 0.849. The summed E-state index contributed by atoms with van der Waals surface area (Å²) in [6, 6.07) is 9.44. The number of nitrogens with zero attached hydrogens (tertiary/aromatic N) is 1. The van der Waals surface area contributed by atoms with Gasteiger partial charge in [0.25, 0.3) is 0 Å². The van der Waals surface area contributed by atoms with Crippen molar-refractivity contribution in [2.45, 2.75) is 38.6 Å². The van der Waals surface area contributed by atoms with Crippen LogP contribution in [0.1, 0.15) is 32.6 Å². The molecule has 22 heavy (non-hydrogen) atoms. The predicted octanol–water partition coefficient (Wildman–Crippen LogP) is 3.27. The van der Waals surface area contributed by atoms with E-state index in [0.717, 1.165) is 31.4 Å². The molecular formula is C17H24N2O3. The molecule has 1 aromatic carbocycles. The van der Waals surface area contributed by atoms with Gasteiger partial charge in [-0.05, 0) is 25.0 Å². The molecule has 1 unspecified atom stereocenters. The Morgan fingerprint density at radius 3 is 2.50 bits per heavy atom. The van der Waals surface area contributed by atoms with E-state index in [1.807, 2.05) is 30.3 Å². The molecule has 2 amide bonds.